The van der Waals surface area contributed by atoms with Gasteiger partial charge in [-0.15, -0.1) is 0 Å². The van der Waals surface area contributed by atoms with E-state index in [0.29, 0.717) is 19.4 Å². The molecule has 1 unspecified atom stereocenters. The third-order valence-electron chi connectivity index (χ3n) is 3.43. The second-order valence-electron chi connectivity index (χ2n) is 4.70. The fourth-order valence-electron chi connectivity index (χ4n) is 2.23. The molecule has 1 rings (SSSR count). The van der Waals surface area contributed by atoms with Gasteiger partial charge in [0.1, 0.15) is 0 Å². The first-order chi connectivity index (χ1) is 8.33. The Morgan fingerprint density at radius 2 is 1.94 bits per heavy atom. The highest BCUT2D eigenvalue weighted by molar-refractivity contribution is 5.76. The summed E-state index contributed by atoms with van der Waals surface area (Å²) in [6, 6.07) is 0. The fourth-order valence-corrected chi connectivity index (χ4v) is 2.23. The van der Waals surface area contributed by atoms with Gasteiger partial charge in [0.15, 0.2) is 5.41 Å². The highest BCUT2D eigenvalue weighted by Crippen LogP contribution is 2.45. The molecule has 0 spiro atoms. The Hall–Kier alpha value is -0.820. The number of hydrogen-bond acceptors (Lipinski definition) is 3. The first kappa shape index (κ1) is 15.2. The van der Waals surface area contributed by atoms with Crippen LogP contribution >= 0.6 is 0 Å². The molecule has 18 heavy (non-hydrogen) atoms. The summed E-state index contributed by atoms with van der Waals surface area (Å²) in [7, 11) is 0. The normalized spacial score (nSPS) is 25.6. The Kier molecular flexibility index (Phi) is 4.98. The van der Waals surface area contributed by atoms with Crippen LogP contribution in [0, 0.1) is 5.41 Å². The van der Waals surface area contributed by atoms with E-state index in [2.05, 4.69) is 0 Å². The molecular formula is C11H18F3NO3. The zero-order chi connectivity index (χ0) is 13.8. The average molecular weight is 269 g/mol. The molecule has 0 aromatic rings. The number of nitrogens with zero attached hydrogens (tertiary/aromatic N) is 1. The molecule has 1 heterocycles. The number of hydrogen-bond donors (Lipinski definition) is 2. The van der Waals surface area contributed by atoms with Crippen molar-refractivity contribution in [3.63, 3.8) is 0 Å². The largest absolute Gasteiger partial charge is 0.481 e. The number of halogens is 3. The number of carbonyl (C=O) groups is 1. The van der Waals surface area contributed by atoms with Gasteiger partial charge in [-0.1, -0.05) is 0 Å². The molecule has 0 bridgehead atoms. The maximum atomic E-state index is 12.8. The monoisotopic (exact) mass is 269 g/mol. The van der Waals surface area contributed by atoms with E-state index in [9.17, 15) is 18.0 Å². The van der Waals surface area contributed by atoms with E-state index in [4.69, 9.17) is 10.2 Å². The van der Waals surface area contributed by atoms with Crippen LogP contribution in [0.15, 0.2) is 0 Å². The van der Waals surface area contributed by atoms with E-state index in [1.165, 1.54) is 0 Å². The first-order valence-electron chi connectivity index (χ1n) is 5.97. The topological polar surface area (TPSA) is 60.8 Å². The van der Waals surface area contributed by atoms with Crippen molar-refractivity contribution in [2.75, 3.05) is 26.2 Å². The molecule has 0 amide bonds. The van der Waals surface area contributed by atoms with Gasteiger partial charge in [-0.05, 0) is 38.8 Å². The van der Waals surface area contributed by atoms with E-state index >= 15 is 0 Å². The number of aliphatic hydroxyl groups is 1. The van der Waals surface area contributed by atoms with Crippen molar-refractivity contribution in [2.24, 2.45) is 5.41 Å². The number of carboxylic acid groups (broad SMARTS) is 1. The van der Waals surface area contributed by atoms with Crippen LogP contribution in [0.4, 0.5) is 13.2 Å². The van der Waals surface area contributed by atoms with Gasteiger partial charge >= 0.3 is 12.1 Å². The maximum absolute atomic E-state index is 12.8. The first-order valence-corrected chi connectivity index (χ1v) is 5.97. The molecule has 0 aromatic carbocycles. The van der Waals surface area contributed by atoms with Crippen molar-refractivity contribution in [1.29, 1.82) is 0 Å². The van der Waals surface area contributed by atoms with E-state index in [-0.39, 0.29) is 19.6 Å². The Labute approximate surface area is 103 Å². The summed E-state index contributed by atoms with van der Waals surface area (Å²) in [5.41, 5.74) is -2.61. The number of alkyl halides is 3. The second kappa shape index (κ2) is 5.88. The zero-order valence-corrected chi connectivity index (χ0v) is 10.0. The lowest BCUT2D eigenvalue weighted by atomic mass is 9.86. The lowest BCUT2D eigenvalue weighted by molar-refractivity contribution is -0.227. The van der Waals surface area contributed by atoms with Crippen LogP contribution in [0.3, 0.4) is 0 Å². The van der Waals surface area contributed by atoms with E-state index in [1.54, 1.807) is 4.90 Å². The van der Waals surface area contributed by atoms with Crippen molar-refractivity contribution < 1.29 is 28.2 Å². The van der Waals surface area contributed by atoms with Crippen LogP contribution in [0.5, 0.6) is 0 Å². The highest BCUT2D eigenvalue weighted by atomic mass is 19.4. The van der Waals surface area contributed by atoms with Crippen LogP contribution in [-0.2, 0) is 4.79 Å². The maximum Gasteiger partial charge on any atom is 0.406 e. The molecule has 7 heteroatoms. The Balaban J connectivity index is 2.54. The number of carboxylic acids is 1. The van der Waals surface area contributed by atoms with Gasteiger partial charge in [-0.2, -0.15) is 13.2 Å². The van der Waals surface area contributed by atoms with Crippen LogP contribution in [-0.4, -0.2) is 53.5 Å². The van der Waals surface area contributed by atoms with Gasteiger partial charge in [0.05, 0.1) is 0 Å². The number of aliphatic hydroxyl groups excluding tert-OH is 1. The molecule has 0 radical (unpaired) electrons. The molecule has 1 aliphatic rings. The van der Waals surface area contributed by atoms with Crippen LogP contribution in [0.2, 0.25) is 0 Å². The van der Waals surface area contributed by atoms with Crippen molar-refractivity contribution in [2.45, 2.75) is 31.9 Å². The lowest BCUT2D eigenvalue weighted by Gasteiger charge is -2.27. The van der Waals surface area contributed by atoms with Gasteiger partial charge in [0.2, 0.25) is 0 Å². The summed E-state index contributed by atoms with van der Waals surface area (Å²) < 4.78 is 38.5. The summed E-state index contributed by atoms with van der Waals surface area (Å²) in [4.78, 5) is 12.5. The van der Waals surface area contributed by atoms with Gasteiger partial charge in [0.25, 0.3) is 0 Å². The van der Waals surface area contributed by atoms with Gasteiger partial charge in [0, 0.05) is 13.2 Å². The molecule has 1 atom stereocenters. The van der Waals surface area contributed by atoms with Crippen LogP contribution in [0.25, 0.3) is 0 Å². The highest BCUT2D eigenvalue weighted by Gasteiger charge is 2.63. The predicted octanol–water partition coefficient (Wildman–Crippen LogP) is 1.49. The molecule has 1 aliphatic heterocycles. The van der Waals surface area contributed by atoms with Gasteiger partial charge < -0.3 is 15.1 Å². The van der Waals surface area contributed by atoms with Crippen LogP contribution in [0.1, 0.15) is 25.7 Å². The minimum absolute atomic E-state index is 0.0710. The van der Waals surface area contributed by atoms with E-state index in [1.807, 2.05) is 0 Å². The molecular weight excluding hydrogens is 251 g/mol. The lowest BCUT2D eigenvalue weighted by Crippen LogP contribution is -2.47. The fraction of sp³-hybridized carbons (Fsp3) is 0.909. The number of rotatable bonds is 6. The number of aliphatic carboxylic acids is 1. The quantitative estimate of drug-likeness (QED) is 0.717. The summed E-state index contributed by atoms with van der Waals surface area (Å²) in [6.45, 7) is 0.211. The SMILES string of the molecule is O=C(O)C1(C(F)(F)F)CCN(CCCCCO)C1. The summed E-state index contributed by atoms with van der Waals surface area (Å²) >= 11 is 0. The Morgan fingerprint density at radius 3 is 2.39 bits per heavy atom. The third-order valence-corrected chi connectivity index (χ3v) is 3.43. The Bertz CT molecular complexity index is 296. The van der Waals surface area contributed by atoms with Gasteiger partial charge in [-0.25, -0.2) is 0 Å². The summed E-state index contributed by atoms with van der Waals surface area (Å²) in [5, 5.41) is 17.4. The molecule has 0 saturated carbocycles. The number of likely N-dealkylation sites (tertiary alicyclic amines) is 1. The predicted molar refractivity (Wildman–Crippen MR) is 58.1 cm³/mol. The zero-order valence-electron chi connectivity index (χ0n) is 10.0. The number of unbranched alkanes of at least 4 members (excludes halogenated alkanes) is 2. The molecule has 0 aliphatic carbocycles. The van der Waals surface area contributed by atoms with Gasteiger partial charge in [-0.3, -0.25) is 4.79 Å². The second-order valence-corrected chi connectivity index (χ2v) is 4.70. The van der Waals surface area contributed by atoms with Crippen molar-refractivity contribution in [1.82, 2.24) is 4.90 Å². The average Bonchev–Trinajstić information content (AvgIpc) is 2.69. The van der Waals surface area contributed by atoms with E-state index in [0.717, 1.165) is 6.42 Å². The van der Waals surface area contributed by atoms with Crippen molar-refractivity contribution in [3.05, 3.63) is 0 Å². The van der Waals surface area contributed by atoms with Crippen molar-refractivity contribution in [3.8, 4) is 0 Å². The van der Waals surface area contributed by atoms with E-state index < -0.39 is 24.1 Å². The minimum Gasteiger partial charge on any atom is -0.481 e. The molecule has 0 aromatic heterocycles. The molecule has 1 saturated heterocycles. The molecule has 4 nitrogen and oxygen atoms in total. The van der Waals surface area contributed by atoms with Crippen LogP contribution < -0.4 is 0 Å². The standard InChI is InChI=1S/C11H18F3NO3/c12-11(13,14)10(9(17)18)4-6-15(8-10)5-2-1-3-7-16/h16H,1-8H2,(H,17,18). The minimum atomic E-state index is -4.71. The molecule has 106 valence electrons. The van der Waals surface area contributed by atoms with Crippen molar-refractivity contribution >= 4 is 5.97 Å². The Morgan fingerprint density at radius 1 is 1.28 bits per heavy atom. The smallest absolute Gasteiger partial charge is 0.406 e. The summed E-state index contributed by atoms with van der Waals surface area (Å²) in [5.74, 6) is -1.78. The molecule has 1 fully saturated rings. The summed E-state index contributed by atoms with van der Waals surface area (Å²) in [6.07, 6.45) is -3.06. The third kappa shape index (κ3) is 3.14. The molecule has 2 N–H and O–H groups in total.